The number of methoxy groups -OCH3 is 3. The Hall–Kier alpha value is -2.96. The van der Waals surface area contributed by atoms with E-state index < -0.39 is 0 Å². The van der Waals surface area contributed by atoms with Crippen LogP contribution in [-0.2, 0) is 0 Å². The third-order valence-corrected chi connectivity index (χ3v) is 5.05. The lowest BCUT2D eigenvalue weighted by Gasteiger charge is -2.13. The number of ether oxygens (including phenoxy) is 3. The lowest BCUT2D eigenvalue weighted by atomic mass is 10.1. The highest BCUT2D eigenvalue weighted by Gasteiger charge is 2.17. The van der Waals surface area contributed by atoms with Crippen LogP contribution in [0.2, 0.25) is 10.2 Å². The maximum atomic E-state index is 12.8. The standard InChI is InChI=1S/C22H20Cl2N2O4/c1-13-17(22(24)26(25-13)16-7-5-6-15(23)12-16)8-9-18(27)14-10-19(28-2)21(30-4)20(11-14)29-3/h5-12H,1-4H3. The summed E-state index contributed by atoms with van der Waals surface area (Å²) in [6, 6.07) is 10.4. The van der Waals surface area contributed by atoms with Gasteiger partial charge in [-0.3, -0.25) is 4.79 Å². The van der Waals surface area contributed by atoms with Gasteiger partial charge in [-0.25, -0.2) is 4.68 Å². The van der Waals surface area contributed by atoms with Crippen molar-refractivity contribution in [2.75, 3.05) is 21.3 Å². The van der Waals surface area contributed by atoms with E-state index in [1.165, 1.54) is 27.4 Å². The molecule has 30 heavy (non-hydrogen) atoms. The first kappa shape index (κ1) is 21.7. The second-order valence-corrected chi connectivity index (χ2v) is 7.09. The molecule has 0 saturated carbocycles. The Morgan fingerprint density at radius 3 is 2.27 bits per heavy atom. The van der Waals surface area contributed by atoms with Crippen LogP contribution >= 0.6 is 23.2 Å². The smallest absolute Gasteiger partial charge is 0.203 e. The number of benzene rings is 2. The topological polar surface area (TPSA) is 62.6 Å². The Kier molecular flexibility index (Phi) is 6.70. The summed E-state index contributed by atoms with van der Waals surface area (Å²) in [4.78, 5) is 12.8. The molecule has 8 heteroatoms. The number of aryl methyl sites for hydroxylation is 1. The third kappa shape index (κ3) is 4.30. The minimum Gasteiger partial charge on any atom is -0.493 e. The van der Waals surface area contributed by atoms with Crippen molar-refractivity contribution in [3.63, 3.8) is 0 Å². The Morgan fingerprint density at radius 1 is 1.03 bits per heavy atom. The summed E-state index contributed by atoms with van der Waals surface area (Å²) in [6.07, 6.45) is 3.07. The van der Waals surface area contributed by atoms with E-state index >= 15 is 0 Å². The number of nitrogens with zero attached hydrogens (tertiary/aromatic N) is 2. The molecule has 6 nitrogen and oxygen atoms in total. The fourth-order valence-electron chi connectivity index (χ4n) is 2.96. The number of carbonyl (C=O) groups excluding carboxylic acids is 1. The average molecular weight is 447 g/mol. The summed E-state index contributed by atoms with van der Waals surface area (Å²) in [7, 11) is 4.49. The number of allylic oxidation sites excluding steroid dienone is 1. The zero-order valence-corrected chi connectivity index (χ0v) is 18.4. The van der Waals surface area contributed by atoms with E-state index in [4.69, 9.17) is 37.4 Å². The van der Waals surface area contributed by atoms with Crippen LogP contribution in [0.5, 0.6) is 17.2 Å². The highest BCUT2D eigenvalue weighted by molar-refractivity contribution is 6.32. The van der Waals surface area contributed by atoms with E-state index in [1.54, 1.807) is 35.0 Å². The molecule has 0 saturated heterocycles. The van der Waals surface area contributed by atoms with Crippen molar-refractivity contribution in [1.29, 1.82) is 0 Å². The monoisotopic (exact) mass is 446 g/mol. The van der Waals surface area contributed by atoms with Crippen LogP contribution in [0.15, 0.2) is 42.5 Å². The number of ketones is 1. The summed E-state index contributed by atoms with van der Waals surface area (Å²) in [6.45, 7) is 1.82. The SMILES string of the molecule is COc1cc(C(=O)C=Cc2c(C)nn(-c3cccc(Cl)c3)c2Cl)cc(OC)c1OC. The summed E-state index contributed by atoms with van der Waals surface area (Å²) in [5.74, 6) is 0.968. The summed E-state index contributed by atoms with van der Waals surface area (Å²) >= 11 is 12.6. The van der Waals surface area contributed by atoms with Gasteiger partial charge in [0.05, 0.1) is 32.7 Å². The van der Waals surface area contributed by atoms with Gasteiger partial charge in [0.25, 0.3) is 0 Å². The predicted molar refractivity (Wildman–Crippen MR) is 118 cm³/mol. The molecule has 3 aromatic rings. The molecule has 156 valence electrons. The van der Waals surface area contributed by atoms with Crippen molar-refractivity contribution in [3.05, 3.63) is 69.5 Å². The first-order chi connectivity index (χ1) is 14.4. The molecule has 0 radical (unpaired) electrons. The Labute approximate surface area is 184 Å². The van der Waals surface area contributed by atoms with Gasteiger partial charge in [-0.2, -0.15) is 5.10 Å². The van der Waals surface area contributed by atoms with Crippen molar-refractivity contribution in [2.24, 2.45) is 0 Å². The van der Waals surface area contributed by atoms with Gasteiger partial charge in [-0.15, -0.1) is 0 Å². The number of hydrogen-bond acceptors (Lipinski definition) is 5. The van der Waals surface area contributed by atoms with Gasteiger partial charge in [0.2, 0.25) is 5.75 Å². The number of rotatable bonds is 7. The van der Waals surface area contributed by atoms with E-state index in [2.05, 4.69) is 5.10 Å². The molecule has 0 fully saturated rings. The Balaban J connectivity index is 1.94. The Bertz CT molecular complexity index is 1100. The van der Waals surface area contributed by atoms with Gasteiger partial charge in [0, 0.05) is 16.1 Å². The minimum absolute atomic E-state index is 0.250. The van der Waals surface area contributed by atoms with Crippen LogP contribution < -0.4 is 14.2 Å². The van der Waals surface area contributed by atoms with Crippen LogP contribution in [-0.4, -0.2) is 36.9 Å². The quantitative estimate of drug-likeness (QED) is 0.358. The highest BCUT2D eigenvalue weighted by atomic mass is 35.5. The zero-order chi connectivity index (χ0) is 21.8. The van der Waals surface area contributed by atoms with Crippen molar-refractivity contribution in [3.8, 4) is 22.9 Å². The average Bonchev–Trinajstić information content (AvgIpc) is 3.04. The normalized spacial score (nSPS) is 11.0. The summed E-state index contributed by atoms with van der Waals surface area (Å²) in [5, 5.41) is 5.41. The number of aromatic nitrogens is 2. The van der Waals surface area contributed by atoms with E-state index in [-0.39, 0.29) is 5.78 Å². The van der Waals surface area contributed by atoms with Crippen LogP contribution in [0.4, 0.5) is 0 Å². The number of carbonyl (C=O) groups is 1. The molecule has 0 aliphatic carbocycles. The van der Waals surface area contributed by atoms with Crippen molar-refractivity contribution in [1.82, 2.24) is 9.78 Å². The number of hydrogen-bond donors (Lipinski definition) is 0. The molecule has 0 unspecified atom stereocenters. The lowest BCUT2D eigenvalue weighted by molar-refractivity contribution is 0.104. The molecule has 1 heterocycles. The predicted octanol–water partition coefficient (Wildman–Crippen LogP) is 5.41. The fourth-order valence-corrected chi connectivity index (χ4v) is 3.48. The Morgan fingerprint density at radius 2 is 1.70 bits per heavy atom. The molecular weight excluding hydrogens is 427 g/mol. The van der Waals surface area contributed by atoms with Gasteiger partial charge >= 0.3 is 0 Å². The molecule has 1 aromatic heterocycles. The lowest BCUT2D eigenvalue weighted by Crippen LogP contribution is -2.00. The van der Waals surface area contributed by atoms with E-state index in [9.17, 15) is 4.79 Å². The molecule has 0 amide bonds. The largest absolute Gasteiger partial charge is 0.493 e. The first-order valence-corrected chi connectivity index (χ1v) is 9.68. The van der Waals surface area contributed by atoms with E-state index in [0.717, 1.165) is 5.69 Å². The highest BCUT2D eigenvalue weighted by Crippen LogP contribution is 2.38. The van der Waals surface area contributed by atoms with E-state index in [1.807, 2.05) is 19.1 Å². The molecule has 2 aromatic carbocycles. The van der Waals surface area contributed by atoms with Gasteiger partial charge in [-0.05, 0) is 49.4 Å². The second-order valence-electron chi connectivity index (χ2n) is 6.29. The van der Waals surface area contributed by atoms with E-state index in [0.29, 0.717) is 44.2 Å². The van der Waals surface area contributed by atoms with Crippen LogP contribution in [0.1, 0.15) is 21.6 Å². The molecule has 0 aliphatic rings. The molecule has 0 N–H and O–H groups in total. The van der Waals surface area contributed by atoms with Gasteiger partial charge in [0.1, 0.15) is 5.15 Å². The minimum atomic E-state index is -0.250. The maximum Gasteiger partial charge on any atom is 0.203 e. The molecule has 0 aliphatic heterocycles. The third-order valence-electron chi connectivity index (χ3n) is 4.45. The van der Waals surface area contributed by atoms with Gasteiger partial charge in [-0.1, -0.05) is 29.3 Å². The number of halogens is 2. The maximum absolute atomic E-state index is 12.8. The van der Waals surface area contributed by atoms with Crippen LogP contribution in [0, 0.1) is 6.92 Å². The van der Waals surface area contributed by atoms with Crippen molar-refractivity contribution >= 4 is 35.1 Å². The summed E-state index contributed by atoms with van der Waals surface area (Å²) < 4.78 is 17.5. The molecular formula is C22H20Cl2N2O4. The second kappa shape index (κ2) is 9.24. The molecule has 0 bridgehead atoms. The zero-order valence-electron chi connectivity index (χ0n) is 16.9. The van der Waals surface area contributed by atoms with Crippen molar-refractivity contribution < 1.29 is 19.0 Å². The van der Waals surface area contributed by atoms with Gasteiger partial charge < -0.3 is 14.2 Å². The molecule has 0 spiro atoms. The van der Waals surface area contributed by atoms with Gasteiger partial charge in [0.15, 0.2) is 17.3 Å². The molecule has 0 atom stereocenters. The summed E-state index contributed by atoms with van der Waals surface area (Å²) in [5.41, 5.74) is 2.43. The van der Waals surface area contributed by atoms with Crippen molar-refractivity contribution in [2.45, 2.75) is 6.92 Å². The fraction of sp³-hybridized carbons (Fsp3) is 0.182. The van der Waals surface area contributed by atoms with Crippen LogP contribution in [0.25, 0.3) is 11.8 Å². The first-order valence-electron chi connectivity index (χ1n) is 8.93. The van der Waals surface area contributed by atoms with Crippen LogP contribution in [0.3, 0.4) is 0 Å². The molecule has 3 rings (SSSR count).